The molecule has 0 aliphatic rings. The van der Waals surface area contributed by atoms with Gasteiger partial charge >= 0.3 is 0 Å². The number of likely N-dealkylation sites (N-methyl/N-ethyl adjacent to an activating group) is 1. The van der Waals surface area contributed by atoms with Gasteiger partial charge in [0, 0.05) is 25.6 Å². The Morgan fingerprint density at radius 1 is 1.35 bits per heavy atom. The highest BCUT2D eigenvalue weighted by molar-refractivity contribution is 6.04. The highest BCUT2D eigenvalue weighted by Gasteiger charge is 2.17. The number of nitrogens with zero attached hydrogens (tertiary/aromatic N) is 2. The summed E-state index contributed by atoms with van der Waals surface area (Å²) in [6.45, 7) is 3.46. The van der Waals surface area contributed by atoms with Crippen molar-refractivity contribution < 1.29 is 9.53 Å². The van der Waals surface area contributed by atoms with Gasteiger partial charge in [-0.05, 0) is 13.0 Å². The van der Waals surface area contributed by atoms with Crippen molar-refractivity contribution in [3.05, 3.63) is 40.3 Å². The lowest BCUT2D eigenvalue weighted by Gasteiger charge is -2.17. The minimum absolute atomic E-state index is 0.239. The lowest BCUT2D eigenvalue weighted by molar-refractivity contribution is 0.0705. The third-order valence-corrected chi connectivity index (χ3v) is 3.02. The first kappa shape index (κ1) is 14.2. The Labute approximate surface area is 116 Å². The van der Waals surface area contributed by atoms with E-state index in [0.717, 1.165) is 0 Å². The first-order valence-corrected chi connectivity index (χ1v) is 6.45. The van der Waals surface area contributed by atoms with Crippen molar-refractivity contribution in [1.29, 1.82) is 0 Å². The zero-order valence-corrected chi connectivity index (χ0v) is 11.5. The number of nitrogens with one attached hydrogen (secondary N) is 1. The van der Waals surface area contributed by atoms with Crippen molar-refractivity contribution in [1.82, 2.24) is 15.1 Å². The summed E-state index contributed by atoms with van der Waals surface area (Å²) in [6.07, 6.45) is 0. The fraction of sp³-hybridized carbons (Fsp3) is 0.357. The zero-order valence-electron chi connectivity index (χ0n) is 11.5. The molecule has 0 spiro atoms. The molecule has 1 aromatic heterocycles. The van der Waals surface area contributed by atoms with Crippen LogP contribution < -0.4 is 5.56 Å². The van der Waals surface area contributed by atoms with Crippen molar-refractivity contribution in [2.24, 2.45) is 0 Å². The topological polar surface area (TPSA) is 75.3 Å². The second kappa shape index (κ2) is 6.29. The van der Waals surface area contributed by atoms with Gasteiger partial charge in [-0.1, -0.05) is 18.2 Å². The van der Waals surface area contributed by atoms with E-state index in [9.17, 15) is 9.59 Å². The normalized spacial score (nSPS) is 10.7. The Balaban J connectivity index is 2.31. The fourth-order valence-corrected chi connectivity index (χ4v) is 1.91. The highest BCUT2D eigenvalue weighted by Crippen LogP contribution is 2.13. The molecule has 0 aliphatic heterocycles. The molecule has 2 rings (SSSR count). The van der Waals surface area contributed by atoms with Crippen LogP contribution in [-0.4, -0.2) is 47.8 Å². The summed E-state index contributed by atoms with van der Waals surface area (Å²) in [5.41, 5.74) is -0.0479. The second-order valence-corrected chi connectivity index (χ2v) is 4.37. The summed E-state index contributed by atoms with van der Waals surface area (Å²) in [6, 6.07) is 6.93. The van der Waals surface area contributed by atoms with Gasteiger partial charge in [0.1, 0.15) is 0 Å². The van der Waals surface area contributed by atoms with Gasteiger partial charge < -0.3 is 9.64 Å². The molecule has 106 valence electrons. The number of benzene rings is 1. The van der Waals surface area contributed by atoms with Gasteiger partial charge in [0.15, 0.2) is 5.69 Å². The van der Waals surface area contributed by atoms with Gasteiger partial charge in [-0.25, -0.2) is 5.10 Å². The summed E-state index contributed by atoms with van der Waals surface area (Å²) in [5.74, 6) is -0.239. The molecule has 1 amide bonds. The number of aromatic amines is 1. The maximum Gasteiger partial charge on any atom is 0.274 e. The number of carbonyl (C=O) groups excluding carboxylic acids is 1. The van der Waals surface area contributed by atoms with Crippen LogP contribution in [0.25, 0.3) is 10.8 Å². The number of hydrogen-bond acceptors (Lipinski definition) is 4. The van der Waals surface area contributed by atoms with Crippen LogP contribution in [-0.2, 0) is 4.74 Å². The Bertz CT molecular complexity index is 666. The lowest BCUT2D eigenvalue weighted by Crippen LogP contribution is -2.32. The Hall–Kier alpha value is -2.21. The molecule has 0 fully saturated rings. The average molecular weight is 275 g/mol. The molecule has 20 heavy (non-hydrogen) atoms. The second-order valence-electron chi connectivity index (χ2n) is 4.37. The predicted molar refractivity (Wildman–Crippen MR) is 75.8 cm³/mol. The van der Waals surface area contributed by atoms with Crippen LogP contribution in [0.3, 0.4) is 0 Å². The molecular formula is C14H17N3O3. The summed E-state index contributed by atoms with van der Waals surface area (Å²) in [4.78, 5) is 25.6. The van der Waals surface area contributed by atoms with E-state index in [1.54, 1.807) is 31.3 Å². The van der Waals surface area contributed by atoms with Gasteiger partial charge in [-0.3, -0.25) is 9.59 Å². The highest BCUT2D eigenvalue weighted by atomic mass is 16.5. The third kappa shape index (κ3) is 2.85. The Morgan fingerprint density at radius 3 is 2.75 bits per heavy atom. The number of ether oxygens (including phenoxy) is 1. The standard InChI is InChI=1S/C14H17N3O3/c1-3-20-9-8-17(2)14(19)12-10-6-4-5-7-11(10)13(18)16-15-12/h4-7H,3,8-9H2,1-2H3,(H,16,18). The van der Waals surface area contributed by atoms with Crippen LogP contribution in [0.4, 0.5) is 0 Å². The molecule has 0 atom stereocenters. The first-order valence-electron chi connectivity index (χ1n) is 6.45. The molecule has 1 aromatic carbocycles. The van der Waals surface area contributed by atoms with Crippen molar-refractivity contribution in [3.63, 3.8) is 0 Å². The smallest absolute Gasteiger partial charge is 0.274 e. The van der Waals surface area contributed by atoms with Crippen LogP contribution in [0.5, 0.6) is 0 Å². The minimum atomic E-state index is -0.297. The van der Waals surface area contributed by atoms with Crippen LogP contribution in [0.2, 0.25) is 0 Å². The molecular weight excluding hydrogens is 258 g/mol. The van der Waals surface area contributed by atoms with Gasteiger partial charge in [-0.2, -0.15) is 5.10 Å². The number of carbonyl (C=O) groups is 1. The minimum Gasteiger partial charge on any atom is -0.380 e. The molecule has 1 heterocycles. The zero-order chi connectivity index (χ0) is 14.5. The summed E-state index contributed by atoms with van der Waals surface area (Å²) >= 11 is 0. The van der Waals surface area contributed by atoms with Crippen molar-refractivity contribution in [2.45, 2.75) is 6.92 Å². The van der Waals surface area contributed by atoms with E-state index in [2.05, 4.69) is 10.2 Å². The lowest BCUT2D eigenvalue weighted by atomic mass is 10.1. The van der Waals surface area contributed by atoms with E-state index in [-0.39, 0.29) is 17.2 Å². The van der Waals surface area contributed by atoms with E-state index in [0.29, 0.717) is 30.5 Å². The van der Waals surface area contributed by atoms with Crippen LogP contribution in [0.1, 0.15) is 17.4 Å². The summed E-state index contributed by atoms with van der Waals surface area (Å²) in [7, 11) is 1.68. The molecule has 0 unspecified atom stereocenters. The number of H-pyrrole nitrogens is 1. The average Bonchev–Trinajstić information content (AvgIpc) is 2.47. The number of amides is 1. The van der Waals surface area contributed by atoms with Crippen LogP contribution in [0.15, 0.2) is 29.1 Å². The molecule has 6 nitrogen and oxygen atoms in total. The quantitative estimate of drug-likeness (QED) is 0.827. The SMILES string of the molecule is CCOCCN(C)C(=O)c1n[nH]c(=O)c2ccccc12. The predicted octanol–water partition coefficient (Wildman–Crippen LogP) is 1.03. The molecule has 2 aromatic rings. The van der Waals surface area contributed by atoms with E-state index in [1.807, 2.05) is 6.92 Å². The monoisotopic (exact) mass is 275 g/mol. The maximum absolute atomic E-state index is 12.3. The van der Waals surface area contributed by atoms with E-state index < -0.39 is 0 Å². The van der Waals surface area contributed by atoms with Crippen LogP contribution >= 0.6 is 0 Å². The van der Waals surface area contributed by atoms with Crippen molar-refractivity contribution in [3.8, 4) is 0 Å². The number of fused-ring (bicyclic) bond motifs is 1. The molecule has 0 saturated carbocycles. The van der Waals surface area contributed by atoms with Crippen molar-refractivity contribution >= 4 is 16.7 Å². The molecule has 0 bridgehead atoms. The summed E-state index contributed by atoms with van der Waals surface area (Å²) < 4.78 is 5.22. The third-order valence-electron chi connectivity index (χ3n) is 3.02. The van der Waals surface area contributed by atoms with E-state index >= 15 is 0 Å². The molecule has 0 aliphatic carbocycles. The van der Waals surface area contributed by atoms with Gasteiger partial charge in [-0.15, -0.1) is 0 Å². The number of aromatic nitrogens is 2. The molecule has 1 N–H and O–H groups in total. The first-order chi connectivity index (χ1) is 9.65. The molecule has 0 saturated heterocycles. The largest absolute Gasteiger partial charge is 0.380 e. The van der Waals surface area contributed by atoms with Crippen molar-refractivity contribution in [2.75, 3.05) is 26.8 Å². The number of rotatable bonds is 5. The van der Waals surface area contributed by atoms with Gasteiger partial charge in [0.25, 0.3) is 11.5 Å². The molecule has 6 heteroatoms. The molecule has 0 radical (unpaired) electrons. The Morgan fingerprint density at radius 2 is 2.05 bits per heavy atom. The Kier molecular flexibility index (Phi) is 4.47. The fourth-order valence-electron chi connectivity index (χ4n) is 1.91. The van der Waals surface area contributed by atoms with E-state index in [4.69, 9.17) is 4.74 Å². The maximum atomic E-state index is 12.3. The van der Waals surface area contributed by atoms with E-state index in [1.165, 1.54) is 4.90 Å². The van der Waals surface area contributed by atoms with Gasteiger partial charge in [0.2, 0.25) is 0 Å². The van der Waals surface area contributed by atoms with Gasteiger partial charge in [0.05, 0.1) is 12.0 Å². The van der Waals surface area contributed by atoms with Crippen LogP contribution in [0, 0.1) is 0 Å². The summed E-state index contributed by atoms with van der Waals surface area (Å²) in [5, 5.41) is 7.27. The number of hydrogen-bond donors (Lipinski definition) is 1.